The maximum Gasteiger partial charge on any atom is 0.226 e. The van der Waals surface area contributed by atoms with Crippen LogP contribution in [0.3, 0.4) is 0 Å². The smallest absolute Gasteiger partial charge is 0.226 e. The lowest BCUT2D eigenvalue weighted by Crippen LogP contribution is -2.38. The molecule has 6 heteroatoms. The summed E-state index contributed by atoms with van der Waals surface area (Å²) in [6.45, 7) is 7.42. The van der Waals surface area contributed by atoms with Gasteiger partial charge in [-0.15, -0.1) is 0 Å². The minimum absolute atomic E-state index is 0.0778. The molecule has 0 amide bonds. The molecule has 3 aromatic rings. The van der Waals surface area contributed by atoms with E-state index in [4.69, 9.17) is 9.47 Å². The number of hydrogen-bond acceptors (Lipinski definition) is 5. The molecule has 0 unspecified atom stereocenters. The van der Waals surface area contributed by atoms with Crippen LogP contribution in [0.25, 0.3) is 10.9 Å². The highest BCUT2D eigenvalue weighted by Gasteiger charge is 2.21. The van der Waals surface area contributed by atoms with Crippen molar-refractivity contribution in [3.63, 3.8) is 0 Å². The Morgan fingerprint density at radius 3 is 2.52 bits per heavy atom. The number of fused-ring (bicyclic) bond motifs is 1. The van der Waals surface area contributed by atoms with Gasteiger partial charge in [0.15, 0.2) is 0 Å². The molecular weight excluding hydrogens is 384 g/mol. The van der Waals surface area contributed by atoms with Crippen LogP contribution in [0.15, 0.2) is 53.4 Å². The molecule has 2 aromatic carbocycles. The second kappa shape index (κ2) is 9.03. The molecular formula is C23H26N2O3S. The van der Waals surface area contributed by atoms with E-state index in [1.807, 2.05) is 36.4 Å². The van der Waals surface area contributed by atoms with E-state index in [2.05, 4.69) is 28.5 Å². The highest BCUT2D eigenvalue weighted by atomic mass is 32.2. The number of benzene rings is 2. The minimum atomic E-state index is 0.0778. The second-order valence-corrected chi connectivity index (χ2v) is 8.19. The van der Waals surface area contributed by atoms with Crippen LogP contribution in [0.5, 0.6) is 5.75 Å². The number of aromatic nitrogens is 1. The number of carbonyl (C=O) groups excluding carboxylic acids is 1. The van der Waals surface area contributed by atoms with Crippen molar-refractivity contribution in [3.8, 4) is 5.75 Å². The predicted molar refractivity (Wildman–Crippen MR) is 117 cm³/mol. The molecule has 1 aliphatic heterocycles. The molecule has 0 atom stereocenters. The zero-order valence-corrected chi connectivity index (χ0v) is 17.7. The molecule has 1 saturated heterocycles. The molecule has 4 rings (SSSR count). The first-order valence-electron chi connectivity index (χ1n) is 9.91. The second-order valence-electron chi connectivity index (χ2n) is 7.15. The number of hydrogen-bond donors (Lipinski definition) is 0. The third-order valence-corrected chi connectivity index (χ3v) is 6.35. The quantitative estimate of drug-likeness (QED) is 0.569. The largest absolute Gasteiger partial charge is 0.497 e. The van der Waals surface area contributed by atoms with Gasteiger partial charge >= 0.3 is 0 Å². The fraction of sp³-hybridized carbons (Fsp3) is 0.348. The molecule has 1 fully saturated rings. The number of thioether (sulfide) groups is 1. The Morgan fingerprint density at radius 2 is 1.79 bits per heavy atom. The third kappa shape index (κ3) is 4.34. The molecule has 0 spiro atoms. The Bertz CT molecular complexity index is 991. The number of methoxy groups -OCH3 is 1. The van der Waals surface area contributed by atoms with Gasteiger partial charge in [-0.1, -0.05) is 18.2 Å². The summed E-state index contributed by atoms with van der Waals surface area (Å²) in [6, 6.07) is 15.8. The van der Waals surface area contributed by atoms with Gasteiger partial charge in [-0.2, -0.15) is 0 Å². The average molecular weight is 411 g/mol. The van der Waals surface area contributed by atoms with Gasteiger partial charge in [0.05, 0.1) is 25.9 Å². The maximum absolute atomic E-state index is 13.2. The molecule has 152 valence electrons. The fourth-order valence-electron chi connectivity index (χ4n) is 3.84. The molecule has 0 aliphatic carbocycles. The zero-order valence-electron chi connectivity index (χ0n) is 16.9. The summed E-state index contributed by atoms with van der Waals surface area (Å²) < 4.78 is 12.9. The summed E-state index contributed by atoms with van der Waals surface area (Å²) in [4.78, 5) is 16.6. The summed E-state index contributed by atoms with van der Waals surface area (Å²) in [6.07, 6.45) is 0. The highest BCUT2D eigenvalue weighted by Crippen LogP contribution is 2.32. The van der Waals surface area contributed by atoms with E-state index in [9.17, 15) is 4.79 Å². The van der Waals surface area contributed by atoms with Crippen molar-refractivity contribution in [2.75, 3.05) is 40.0 Å². The van der Waals surface area contributed by atoms with Crippen LogP contribution in [0.2, 0.25) is 0 Å². The molecule has 2 heterocycles. The molecule has 29 heavy (non-hydrogen) atoms. The summed E-state index contributed by atoms with van der Waals surface area (Å²) in [5, 5.41) is 1.10. The van der Waals surface area contributed by atoms with Crippen molar-refractivity contribution in [3.05, 3.63) is 59.8 Å². The lowest BCUT2D eigenvalue weighted by atomic mass is 10.1. The Morgan fingerprint density at radius 1 is 1.07 bits per heavy atom. The molecule has 0 radical (unpaired) electrons. The number of para-hydroxylation sites is 1. The summed E-state index contributed by atoms with van der Waals surface area (Å²) in [5.41, 5.74) is 2.96. The van der Waals surface area contributed by atoms with E-state index in [0.29, 0.717) is 0 Å². The Balaban J connectivity index is 1.59. The molecule has 0 bridgehead atoms. The van der Waals surface area contributed by atoms with Crippen LogP contribution >= 0.6 is 11.8 Å². The Kier molecular flexibility index (Phi) is 6.23. The van der Waals surface area contributed by atoms with Crippen LogP contribution < -0.4 is 4.74 Å². The maximum atomic E-state index is 13.2. The van der Waals surface area contributed by atoms with Crippen LogP contribution in [0, 0.1) is 6.92 Å². The van der Waals surface area contributed by atoms with E-state index >= 15 is 0 Å². The van der Waals surface area contributed by atoms with E-state index in [0.717, 1.165) is 72.2 Å². The number of carbonyl (C=O) groups is 1. The molecule has 5 nitrogen and oxygen atoms in total. The molecule has 0 N–H and O–H groups in total. The number of nitrogens with zero attached hydrogens (tertiary/aromatic N) is 2. The van der Waals surface area contributed by atoms with Crippen LogP contribution in [0.1, 0.15) is 16.1 Å². The van der Waals surface area contributed by atoms with Gasteiger partial charge in [-0.25, -0.2) is 0 Å². The predicted octanol–water partition coefficient (Wildman–Crippen LogP) is 4.22. The topological polar surface area (TPSA) is 43.7 Å². The number of ether oxygens (including phenoxy) is 2. The fourth-order valence-corrected chi connectivity index (χ4v) is 4.69. The minimum Gasteiger partial charge on any atom is -0.497 e. The van der Waals surface area contributed by atoms with Gasteiger partial charge in [0.1, 0.15) is 5.75 Å². The van der Waals surface area contributed by atoms with Crippen molar-refractivity contribution in [1.82, 2.24) is 9.47 Å². The molecule has 1 aromatic heterocycles. The van der Waals surface area contributed by atoms with Crippen molar-refractivity contribution >= 4 is 27.8 Å². The van der Waals surface area contributed by atoms with Crippen molar-refractivity contribution in [1.29, 1.82) is 0 Å². The summed E-state index contributed by atoms with van der Waals surface area (Å²) in [5.74, 6) is 0.790. The van der Waals surface area contributed by atoms with Gasteiger partial charge in [0.2, 0.25) is 5.12 Å². The standard InChI is InChI=1S/C23H26N2O3S/c1-17-22(23(26)29-19-9-7-18(27-2)8-10-19)20-5-3-4-6-21(20)25(17)12-11-24-13-15-28-16-14-24/h3-10H,11-16H2,1-2H3. The summed E-state index contributed by atoms with van der Waals surface area (Å²) >= 11 is 1.27. The van der Waals surface area contributed by atoms with Crippen LogP contribution in [-0.2, 0) is 11.3 Å². The first-order chi connectivity index (χ1) is 14.2. The number of rotatable bonds is 6. The van der Waals surface area contributed by atoms with Gasteiger partial charge in [0, 0.05) is 47.7 Å². The van der Waals surface area contributed by atoms with E-state index < -0.39 is 0 Å². The van der Waals surface area contributed by atoms with E-state index in [-0.39, 0.29) is 5.12 Å². The van der Waals surface area contributed by atoms with Gasteiger partial charge in [0.25, 0.3) is 0 Å². The van der Waals surface area contributed by atoms with E-state index in [1.54, 1.807) is 7.11 Å². The van der Waals surface area contributed by atoms with E-state index in [1.165, 1.54) is 11.8 Å². The van der Waals surface area contributed by atoms with Gasteiger partial charge < -0.3 is 14.0 Å². The number of morpholine rings is 1. The van der Waals surface area contributed by atoms with Crippen molar-refractivity contribution in [2.45, 2.75) is 18.4 Å². The third-order valence-electron chi connectivity index (χ3n) is 5.45. The lowest BCUT2D eigenvalue weighted by Gasteiger charge is -2.27. The van der Waals surface area contributed by atoms with Gasteiger partial charge in [-0.05, 0) is 49.0 Å². The summed E-state index contributed by atoms with van der Waals surface area (Å²) in [7, 11) is 1.64. The van der Waals surface area contributed by atoms with Crippen LogP contribution in [-0.4, -0.2) is 54.5 Å². The normalized spacial score (nSPS) is 15.0. The first kappa shape index (κ1) is 20.0. The zero-order chi connectivity index (χ0) is 20.2. The van der Waals surface area contributed by atoms with Crippen molar-refractivity contribution in [2.24, 2.45) is 0 Å². The monoisotopic (exact) mass is 410 g/mol. The molecule has 0 saturated carbocycles. The lowest BCUT2D eigenvalue weighted by molar-refractivity contribution is 0.0365. The van der Waals surface area contributed by atoms with Crippen molar-refractivity contribution < 1.29 is 14.3 Å². The Labute approximate surface area is 175 Å². The van der Waals surface area contributed by atoms with Gasteiger partial charge in [-0.3, -0.25) is 9.69 Å². The van der Waals surface area contributed by atoms with Crippen LogP contribution in [0.4, 0.5) is 0 Å². The highest BCUT2D eigenvalue weighted by molar-refractivity contribution is 8.14. The molecule has 1 aliphatic rings. The average Bonchev–Trinajstić information content (AvgIpc) is 3.04. The first-order valence-corrected chi connectivity index (χ1v) is 10.7. The Hall–Kier alpha value is -2.28. The SMILES string of the molecule is COc1ccc(SC(=O)c2c(C)n(CCN3CCOCC3)c3ccccc23)cc1.